The number of likely N-dealkylation sites (tertiary alicyclic amines) is 1. The Morgan fingerprint density at radius 3 is 2.48 bits per heavy atom. The molecule has 0 unspecified atom stereocenters. The number of methoxy groups -OCH3 is 1. The average Bonchev–Trinajstić information content (AvgIpc) is 3.32. The zero-order valence-electron chi connectivity index (χ0n) is 25.9. The lowest BCUT2D eigenvalue weighted by atomic mass is 9.73. The number of rotatable bonds is 8. The second-order valence-electron chi connectivity index (χ2n) is 12.3. The van der Waals surface area contributed by atoms with Crippen LogP contribution in [0.5, 0.6) is 5.88 Å². The Morgan fingerprint density at radius 1 is 1.16 bits per heavy atom. The average molecular weight is 641 g/mol. The Labute approximate surface area is 261 Å². The van der Waals surface area contributed by atoms with E-state index in [1.165, 1.54) is 12.0 Å². The first-order valence-electron chi connectivity index (χ1n) is 14.8. The molecule has 2 aliphatic rings. The number of halogens is 4. The number of benzene rings is 1. The van der Waals surface area contributed by atoms with Crippen molar-refractivity contribution in [3.05, 3.63) is 57.7 Å². The maximum Gasteiger partial charge on any atom is 0.417 e. The third-order valence-corrected chi connectivity index (χ3v) is 8.51. The molecule has 0 aliphatic carbocycles. The SMILES string of the molecule is CCOC(=O)[C@@H]1[C@H](C(C)(C)C)[C@H](OCc2cc(C(F)(F)F)cnc2OC)[C@H](c2cc(Cl)ccc2C)N1C(=O)[C@@H]1CCCCO1. The van der Waals surface area contributed by atoms with Gasteiger partial charge >= 0.3 is 12.1 Å². The Kier molecular flexibility index (Phi) is 10.5. The Hall–Kier alpha value is -2.89. The maximum atomic E-state index is 14.4. The summed E-state index contributed by atoms with van der Waals surface area (Å²) in [5, 5.41) is 0.418. The number of ether oxygens (including phenoxy) is 4. The third kappa shape index (κ3) is 7.15. The molecule has 1 amide bonds. The summed E-state index contributed by atoms with van der Waals surface area (Å²) in [5.41, 5.74) is -0.0586. The van der Waals surface area contributed by atoms with Crippen LogP contribution in [0.15, 0.2) is 30.5 Å². The highest BCUT2D eigenvalue weighted by molar-refractivity contribution is 6.30. The molecule has 2 aromatic rings. The molecule has 1 aromatic carbocycles. The van der Waals surface area contributed by atoms with Crippen molar-refractivity contribution in [2.75, 3.05) is 20.3 Å². The van der Waals surface area contributed by atoms with Gasteiger partial charge in [0.15, 0.2) is 0 Å². The second kappa shape index (κ2) is 13.6. The summed E-state index contributed by atoms with van der Waals surface area (Å²) < 4.78 is 64.1. The van der Waals surface area contributed by atoms with E-state index in [2.05, 4.69) is 4.98 Å². The van der Waals surface area contributed by atoms with Crippen LogP contribution >= 0.6 is 11.6 Å². The maximum absolute atomic E-state index is 14.4. The van der Waals surface area contributed by atoms with Crippen molar-refractivity contribution in [2.45, 2.75) is 91.0 Å². The number of pyridine rings is 1. The van der Waals surface area contributed by atoms with Crippen LogP contribution in [0.2, 0.25) is 5.02 Å². The van der Waals surface area contributed by atoms with Gasteiger partial charge in [-0.3, -0.25) is 4.79 Å². The van der Waals surface area contributed by atoms with Gasteiger partial charge in [0, 0.05) is 29.3 Å². The standard InChI is InChI=1S/C32H40ClF3N2O6/c1-7-42-30(40)26-24(31(3,4)5)27(44-17-19-14-20(32(34,35)36)16-37-28(19)41-6)25(22-15-21(33)12-11-18(22)2)38(26)29(39)23-10-8-9-13-43-23/h11-12,14-16,23-27H,7-10,13,17H2,1-6H3/t23-,24-,25-,26-,27-/m0/s1. The molecule has 0 saturated carbocycles. The number of esters is 1. The number of carbonyl (C=O) groups excluding carboxylic acids is 2. The molecule has 44 heavy (non-hydrogen) atoms. The Balaban J connectivity index is 1.90. The summed E-state index contributed by atoms with van der Waals surface area (Å²) in [4.78, 5) is 33.6. The number of hydrogen-bond donors (Lipinski definition) is 0. The van der Waals surface area contributed by atoms with E-state index >= 15 is 0 Å². The molecule has 8 nitrogen and oxygen atoms in total. The number of aromatic nitrogens is 1. The molecule has 0 spiro atoms. The van der Waals surface area contributed by atoms with Gasteiger partial charge in [0.2, 0.25) is 5.88 Å². The molecule has 4 rings (SSSR count). The zero-order valence-corrected chi connectivity index (χ0v) is 26.6. The normalized spacial score (nSPS) is 24.3. The fourth-order valence-electron chi connectivity index (χ4n) is 6.29. The molecule has 2 saturated heterocycles. The molecule has 2 fully saturated rings. The van der Waals surface area contributed by atoms with E-state index in [0.29, 0.717) is 29.8 Å². The Bertz CT molecular complexity index is 1340. The van der Waals surface area contributed by atoms with Gasteiger partial charge in [-0.2, -0.15) is 13.2 Å². The fraction of sp³-hybridized carbons (Fsp3) is 0.594. The molecule has 0 N–H and O–H groups in total. The highest BCUT2D eigenvalue weighted by Crippen LogP contribution is 2.51. The number of aryl methyl sites for hydroxylation is 1. The number of hydrogen-bond acceptors (Lipinski definition) is 7. The summed E-state index contributed by atoms with van der Waals surface area (Å²) in [6, 6.07) is 4.31. The number of amides is 1. The summed E-state index contributed by atoms with van der Waals surface area (Å²) >= 11 is 6.47. The van der Waals surface area contributed by atoms with E-state index in [1.807, 2.05) is 33.8 Å². The summed E-state index contributed by atoms with van der Waals surface area (Å²) in [6.07, 6.45) is -3.46. The largest absolute Gasteiger partial charge is 0.481 e. The van der Waals surface area contributed by atoms with Crippen molar-refractivity contribution < 1.29 is 41.7 Å². The minimum absolute atomic E-state index is 0.0238. The molecule has 12 heteroatoms. The van der Waals surface area contributed by atoms with Crippen LogP contribution in [-0.2, 0) is 36.6 Å². The van der Waals surface area contributed by atoms with Crippen molar-refractivity contribution >= 4 is 23.5 Å². The van der Waals surface area contributed by atoms with Crippen LogP contribution in [0.1, 0.15) is 75.3 Å². The molecular formula is C32H40ClF3N2O6. The number of nitrogens with zero attached hydrogens (tertiary/aromatic N) is 2. The predicted molar refractivity (Wildman–Crippen MR) is 157 cm³/mol. The summed E-state index contributed by atoms with van der Waals surface area (Å²) in [7, 11) is 1.31. The third-order valence-electron chi connectivity index (χ3n) is 8.28. The van der Waals surface area contributed by atoms with Crippen LogP contribution in [0.4, 0.5) is 13.2 Å². The van der Waals surface area contributed by atoms with E-state index in [-0.39, 0.29) is 30.6 Å². The molecule has 5 atom stereocenters. The lowest BCUT2D eigenvalue weighted by Crippen LogP contribution is -2.51. The van der Waals surface area contributed by atoms with E-state index in [0.717, 1.165) is 24.5 Å². The van der Waals surface area contributed by atoms with E-state index in [4.69, 9.17) is 30.5 Å². The monoisotopic (exact) mass is 640 g/mol. The quantitative estimate of drug-likeness (QED) is 0.297. The topological polar surface area (TPSA) is 87.2 Å². The highest BCUT2D eigenvalue weighted by Gasteiger charge is 2.60. The van der Waals surface area contributed by atoms with Crippen molar-refractivity contribution in [3.63, 3.8) is 0 Å². The van der Waals surface area contributed by atoms with Gasteiger partial charge in [-0.25, -0.2) is 9.78 Å². The first-order chi connectivity index (χ1) is 20.7. The van der Waals surface area contributed by atoms with Gasteiger partial charge in [0.05, 0.1) is 38.0 Å². The highest BCUT2D eigenvalue weighted by atomic mass is 35.5. The first kappa shape index (κ1) is 34.0. The molecule has 0 bridgehead atoms. The van der Waals surface area contributed by atoms with Gasteiger partial charge in [-0.05, 0) is 67.9 Å². The minimum atomic E-state index is -4.63. The van der Waals surface area contributed by atoms with Crippen LogP contribution in [0.3, 0.4) is 0 Å². The van der Waals surface area contributed by atoms with E-state index < -0.39 is 53.3 Å². The number of carbonyl (C=O) groups is 2. The van der Waals surface area contributed by atoms with Crippen LogP contribution < -0.4 is 4.74 Å². The smallest absolute Gasteiger partial charge is 0.417 e. The van der Waals surface area contributed by atoms with Crippen LogP contribution in [0.25, 0.3) is 0 Å². The van der Waals surface area contributed by atoms with E-state index in [1.54, 1.807) is 19.1 Å². The molecule has 242 valence electrons. The van der Waals surface area contributed by atoms with Crippen LogP contribution in [0, 0.1) is 18.3 Å². The molecule has 2 aliphatic heterocycles. The van der Waals surface area contributed by atoms with Crippen LogP contribution in [-0.4, -0.2) is 60.3 Å². The predicted octanol–water partition coefficient (Wildman–Crippen LogP) is 6.70. The Morgan fingerprint density at radius 2 is 1.89 bits per heavy atom. The fourth-order valence-corrected chi connectivity index (χ4v) is 6.47. The van der Waals surface area contributed by atoms with Gasteiger partial charge in [-0.1, -0.05) is 38.4 Å². The lowest BCUT2D eigenvalue weighted by molar-refractivity contribution is -0.162. The summed E-state index contributed by atoms with van der Waals surface area (Å²) in [6.45, 7) is 9.53. The number of alkyl halides is 3. The van der Waals surface area contributed by atoms with Gasteiger partial charge in [-0.15, -0.1) is 0 Å². The first-order valence-corrected chi connectivity index (χ1v) is 15.1. The van der Waals surface area contributed by atoms with Crippen molar-refractivity contribution in [1.82, 2.24) is 9.88 Å². The van der Waals surface area contributed by atoms with E-state index in [9.17, 15) is 22.8 Å². The zero-order chi connectivity index (χ0) is 32.4. The molecular weight excluding hydrogens is 601 g/mol. The van der Waals surface area contributed by atoms with Crippen molar-refractivity contribution in [3.8, 4) is 5.88 Å². The second-order valence-corrected chi connectivity index (χ2v) is 12.7. The minimum Gasteiger partial charge on any atom is -0.481 e. The van der Waals surface area contributed by atoms with Crippen molar-refractivity contribution in [1.29, 1.82) is 0 Å². The van der Waals surface area contributed by atoms with Gasteiger partial charge in [0.1, 0.15) is 12.1 Å². The van der Waals surface area contributed by atoms with Gasteiger partial charge in [0.25, 0.3) is 5.91 Å². The van der Waals surface area contributed by atoms with Gasteiger partial charge < -0.3 is 23.8 Å². The molecule has 3 heterocycles. The van der Waals surface area contributed by atoms with Crippen molar-refractivity contribution in [2.24, 2.45) is 11.3 Å². The molecule has 1 aromatic heterocycles. The summed E-state index contributed by atoms with van der Waals surface area (Å²) in [5.74, 6) is -1.62. The lowest BCUT2D eigenvalue weighted by Gasteiger charge is -2.36. The molecule has 0 radical (unpaired) electrons.